The Hall–Kier alpha value is 0.100. The maximum absolute atomic E-state index is 12.3. The second kappa shape index (κ2) is 3.87. The van der Waals surface area contributed by atoms with E-state index in [1.54, 1.807) is 0 Å². The molecule has 0 aromatic heterocycles. The average molecular weight is 200 g/mol. The third kappa shape index (κ3) is 2.29. The molecule has 1 aliphatic rings. The number of thioether (sulfide) groups is 1. The zero-order valence-electron chi connectivity index (χ0n) is 6.73. The lowest BCUT2D eigenvalue weighted by Crippen LogP contribution is -2.36. The van der Waals surface area contributed by atoms with Crippen molar-refractivity contribution in [2.75, 3.05) is 12.9 Å². The van der Waals surface area contributed by atoms with E-state index in [0.29, 0.717) is 13.0 Å². The number of halogens is 3. The van der Waals surface area contributed by atoms with Crippen LogP contribution in [0.25, 0.3) is 0 Å². The smallest absolute Gasteiger partial charge is 0.377 e. The van der Waals surface area contributed by atoms with Crippen LogP contribution in [0.3, 0.4) is 0 Å². The molecule has 0 spiro atoms. The van der Waals surface area contributed by atoms with Crippen LogP contribution in [0.4, 0.5) is 13.2 Å². The molecule has 2 atom stereocenters. The molecule has 1 nitrogen and oxygen atoms in total. The molecule has 1 aliphatic heterocycles. The minimum absolute atomic E-state index is 0.470. The van der Waals surface area contributed by atoms with Gasteiger partial charge in [0.25, 0.3) is 0 Å². The molecule has 0 aromatic rings. The molecule has 0 N–H and O–H groups in total. The normalized spacial score (nSPS) is 27.5. The van der Waals surface area contributed by atoms with Crippen LogP contribution in [-0.2, 0) is 4.74 Å². The van der Waals surface area contributed by atoms with Gasteiger partial charge in [-0.15, -0.1) is 11.8 Å². The van der Waals surface area contributed by atoms with Crippen LogP contribution in [0.15, 0.2) is 0 Å². The van der Waals surface area contributed by atoms with E-state index >= 15 is 0 Å². The van der Waals surface area contributed by atoms with Crippen molar-refractivity contribution in [2.45, 2.75) is 30.4 Å². The molecule has 72 valence electrons. The Labute approximate surface area is 73.7 Å². The van der Waals surface area contributed by atoms with Crippen LogP contribution in [0.1, 0.15) is 12.8 Å². The zero-order valence-corrected chi connectivity index (χ0v) is 7.54. The standard InChI is InChI=1S/C7H11F3OS/c1-12-6(7(8,9)10)5-3-2-4-11-5/h5-6H,2-4H2,1H3. The van der Waals surface area contributed by atoms with Gasteiger partial charge in [-0.05, 0) is 19.1 Å². The van der Waals surface area contributed by atoms with Crippen LogP contribution in [0.2, 0.25) is 0 Å². The van der Waals surface area contributed by atoms with Crippen molar-refractivity contribution >= 4 is 11.8 Å². The molecule has 0 aromatic carbocycles. The van der Waals surface area contributed by atoms with Crippen molar-refractivity contribution in [3.8, 4) is 0 Å². The lowest BCUT2D eigenvalue weighted by Gasteiger charge is -2.23. The Bertz CT molecular complexity index is 142. The summed E-state index contributed by atoms with van der Waals surface area (Å²) in [6.45, 7) is 0.470. The monoisotopic (exact) mass is 200 g/mol. The van der Waals surface area contributed by atoms with E-state index in [0.717, 1.165) is 18.2 Å². The second-order valence-electron chi connectivity index (χ2n) is 2.75. The van der Waals surface area contributed by atoms with Crippen LogP contribution < -0.4 is 0 Å². The van der Waals surface area contributed by atoms with E-state index in [2.05, 4.69) is 0 Å². The third-order valence-electron chi connectivity index (χ3n) is 1.88. The molecule has 0 bridgehead atoms. The van der Waals surface area contributed by atoms with Crippen LogP contribution in [0, 0.1) is 0 Å². The molecule has 0 radical (unpaired) electrons. The number of ether oxygens (including phenoxy) is 1. The summed E-state index contributed by atoms with van der Waals surface area (Å²) >= 11 is 0.824. The first-order valence-electron chi connectivity index (χ1n) is 3.77. The van der Waals surface area contributed by atoms with Gasteiger partial charge in [-0.2, -0.15) is 13.2 Å². The second-order valence-corrected chi connectivity index (χ2v) is 3.73. The first-order valence-corrected chi connectivity index (χ1v) is 5.05. The summed E-state index contributed by atoms with van der Waals surface area (Å²) in [5, 5.41) is -1.35. The summed E-state index contributed by atoms with van der Waals surface area (Å²) in [6.07, 6.45) is -2.00. The van der Waals surface area contributed by atoms with Crippen molar-refractivity contribution in [3.63, 3.8) is 0 Å². The maximum atomic E-state index is 12.3. The van der Waals surface area contributed by atoms with Gasteiger partial charge in [0.1, 0.15) is 5.25 Å². The highest BCUT2D eigenvalue weighted by molar-refractivity contribution is 7.99. The minimum Gasteiger partial charge on any atom is -0.377 e. The van der Waals surface area contributed by atoms with Gasteiger partial charge in [0, 0.05) is 6.61 Å². The number of hydrogen-bond acceptors (Lipinski definition) is 2. The molecule has 1 heterocycles. The maximum Gasteiger partial charge on any atom is 0.403 e. The van der Waals surface area contributed by atoms with E-state index < -0.39 is 17.5 Å². The van der Waals surface area contributed by atoms with E-state index in [9.17, 15) is 13.2 Å². The van der Waals surface area contributed by atoms with E-state index in [1.165, 1.54) is 6.26 Å². The summed E-state index contributed by atoms with van der Waals surface area (Å²) in [5.41, 5.74) is 0. The minimum atomic E-state index is -4.13. The molecular weight excluding hydrogens is 189 g/mol. The summed E-state index contributed by atoms with van der Waals surface area (Å²) in [4.78, 5) is 0. The molecule has 2 unspecified atom stereocenters. The van der Waals surface area contributed by atoms with Crippen molar-refractivity contribution in [1.82, 2.24) is 0 Å². The Morgan fingerprint density at radius 2 is 2.17 bits per heavy atom. The molecule has 1 fully saturated rings. The number of alkyl halides is 3. The van der Waals surface area contributed by atoms with Crippen molar-refractivity contribution in [2.24, 2.45) is 0 Å². The van der Waals surface area contributed by atoms with E-state index in [-0.39, 0.29) is 0 Å². The fourth-order valence-electron chi connectivity index (χ4n) is 1.34. The van der Waals surface area contributed by atoms with E-state index in [1.807, 2.05) is 0 Å². The van der Waals surface area contributed by atoms with Gasteiger partial charge in [0.05, 0.1) is 6.10 Å². The van der Waals surface area contributed by atoms with Crippen LogP contribution in [-0.4, -0.2) is 30.4 Å². The zero-order chi connectivity index (χ0) is 9.19. The largest absolute Gasteiger partial charge is 0.403 e. The summed E-state index contributed by atoms with van der Waals surface area (Å²) in [6, 6.07) is 0. The quantitative estimate of drug-likeness (QED) is 0.677. The molecule has 5 heteroatoms. The van der Waals surface area contributed by atoms with Gasteiger partial charge in [-0.1, -0.05) is 0 Å². The molecule has 1 rings (SSSR count). The predicted octanol–water partition coefficient (Wildman–Crippen LogP) is 2.46. The molecule has 0 aliphatic carbocycles. The van der Waals surface area contributed by atoms with Crippen LogP contribution in [0.5, 0.6) is 0 Å². The van der Waals surface area contributed by atoms with Gasteiger partial charge >= 0.3 is 6.18 Å². The van der Waals surface area contributed by atoms with Gasteiger partial charge in [0.2, 0.25) is 0 Å². The summed E-state index contributed by atoms with van der Waals surface area (Å²) < 4.78 is 41.8. The van der Waals surface area contributed by atoms with Crippen LogP contribution >= 0.6 is 11.8 Å². The molecular formula is C7H11F3OS. The number of rotatable bonds is 2. The Morgan fingerprint density at radius 3 is 2.50 bits per heavy atom. The Morgan fingerprint density at radius 1 is 1.50 bits per heavy atom. The number of hydrogen-bond donors (Lipinski definition) is 0. The summed E-state index contributed by atoms with van der Waals surface area (Å²) in [7, 11) is 0. The van der Waals surface area contributed by atoms with Crippen molar-refractivity contribution in [1.29, 1.82) is 0 Å². The molecule has 12 heavy (non-hydrogen) atoms. The van der Waals surface area contributed by atoms with Crippen molar-refractivity contribution in [3.05, 3.63) is 0 Å². The lowest BCUT2D eigenvalue weighted by molar-refractivity contribution is -0.148. The highest BCUT2D eigenvalue weighted by atomic mass is 32.2. The lowest BCUT2D eigenvalue weighted by atomic mass is 10.2. The Kier molecular flexibility index (Phi) is 3.29. The predicted molar refractivity (Wildman–Crippen MR) is 42.3 cm³/mol. The first kappa shape index (κ1) is 10.2. The van der Waals surface area contributed by atoms with Gasteiger partial charge in [-0.25, -0.2) is 0 Å². The highest BCUT2D eigenvalue weighted by Crippen LogP contribution is 2.35. The average Bonchev–Trinajstić information content (AvgIpc) is 2.38. The fraction of sp³-hybridized carbons (Fsp3) is 1.00. The van der Waals surface area contributed by atoms with Crippen molar-refractivity contribution < 1.29 is 17.9 Å². The molecule has 1 saturated heterocycles. The SMILES string of the molecule is CSC(C1CCCO1)C(F)(F)F. The summed E-state index contributed by atoms with van der Waals surface area (Å²) in [5.74, 6) is 0. The first-order chi connectivity index (χ1) is 5.55. The molecule has 0 saturated carbocycles. The van der Waals surface area contributed by atoms with Gasteiger partial charge in [0.15, 0.2) is 0 Å². The third-order valence-corrected chi connectivity index (χ3v) is 2.96. The van der Waals surface area contributed by atoms with Gasteiger partial charge < -0.3 is 4.74 Å². The van der Waals surface area contributed by atoms with E-state index in [4.69, 9.17) is 4.74 Å². The molecule has 0 amide bonds. The fourth-order valence-corrected chi connectivity index (χ4v) is 2.12. The van der Waals surface area contributed by atoms with Gasteiger partial charge in [-0.3, -0.25) is 0 Å². The topological polar surface area (TPSA) is 9.23 Å². The Balaban J connectivity index is 2.54. The highest BCUT2D eigenvalue weighted by Gasteiger charge is 2.45.